The summed E-state index contributed by atoms with van der Waals surface area (Å²) in [5.74, 6) is -0.412. The summed E-state index contributed by atoms with van der Waals surface area (Å²) in [7, 11) is 0. The highest BCUT2D eigenvalue weighted by Crippen LogP contribution is 1.97. The second kappa shape index (κ2) is 8.01. The topological polar surface area (TPSA) is 72.5 Å². The molecule has 1 atom stereocenters. The number of aliphatic hydroxyl groups is 1. The summed E-state index contributed by atoms with van der Waals surface area (Å²) in [6.45, 7) is 2.44. The number of aliphatic hydroxyl groups excluding tert-OH is 1. The first-order valence-corrected chi connectivity index (χ1v) is 4.75. The molecule has 4 heteroatoms. The first-order valence-electron chi connectivity index (χ1n) is 4.75. The van der Waals surface area contributed by atoms with Crippen molar-refractivity contribution < 1.29 is 14.6 Å². The van der Waals surface area contributed by atoms with Crippen molar-refractivity contribution in [1.29, 1.82) is 0 Å². The molecule has 4 nitrogen and oxygen atoms in total. The fourth-order valence-corrected chi connectivity index (χ4v) is 0.889. The molecule has 0 fully saturated rings. The van der Waals surface area contributed by atoms with Crippen molar-refractivity contribution in [3.05, 3.63) is 0 Å². The van der Waals surface area contributed by atoms with Gasteiger partial charge >= 0.3 is 5.97 Å². The maximum atomic E-state index is 11.0. The van der Waals surface area contributed by atoms with Crippen LogP contribution in [0.4, 0.5) is 0 Å². The molecule has 0 unspecified atom stereocenters. The summed E-state index contributed by atoms with van der Waals surface area (Å²) in [5.41, 5.74) is 5.41. The molecule has 0 saturated carbocycles. The maximum Gasteiger partial charge on any atom is 0.322 e. The van der Waals surface area contributed by atoms with E-state index in [0.29, 0.717) is 6.61 Å². The SMILES string of the molecule is CCCCCOC(=O)[C@@H](N)CCO. The molecule has 0 aromatic heterocycles. The lowest BCUT2D eigenvalue weighted by Gasteiger charge is -2.09. The molecule has 0 aromatic rings. The minimum atomic E-state index is -0.674. The second-order valence-corrected chi connectivity index (χ2v) is 2.99. The molecule has 78 valence electrons. The van der Waals surface area contributed by atoms with Crippen molar-refractivity contribution in [3.8, 4) is 0 Å². The third-order valence-corrected chi connectivity index (χ3v) is 1.74. The lowest BCUT2D eigenvalue weighted by Crippen LogP contribution is -2.33. The van der Waals surface area contributed by atoms with Crippen LogP contribution in [-0.4, -0.2) is 30.3 Å². The molecule has 0 aromatic carbocycles. The third kappa shape index (κ3) is 6.54. The lowest BCUT2D eigenvalue weighted by molar-refractivity contribution is -0.145. The fourth-order valence-electron chi connectivity index (χ4n) is 0.889. The fraction of sp³-hybridized carbons (Fsp3) is 0.889. The monoisotopic (exact) mass is 189 g/mol. The van der Waals surface area contributed by atoms with Crippen LogP contribution in [-0.2, 0) is 9.53 Å². The molecule has 0 radical (unpaired) electrons. The molecular formula is C9H19NO3. The Morgan fingerprint density at radius 1 is 1.54 bits per heavy atom. The smallest absolute Gasteiger partial charge is 0.322 e. The van der Waals surface area contributed by atoms with Gasteiger partial charge in [-0.25, -0.2) is 0 Å². The van der Waals surface area contributed by atoms with Crippen LogP contribution >= 0.6 is 0 Å². The molecule has 13 heavy (non-hydrogen) atoms. The minimum Gasteiger partial charge on any atom is -0.465 e. The van der Waals surface area contributed by atoms with E-state index in [1.54, 1.807) is 0 Å². The average molecular weight is 189 g/mol. The van der Waals surface area contributed by atoms with Gasteiger partial charge in [-0.15, -0.1) is 0 Å². The Bertz CT molecular complexity index is 139. The molecule has 0 aliphatic carbocycles. The Kier molecular flexibility index (Phi) is 7.63. The number of ether oxygens (including phenoxy) is 1. The van der Waals surface area contributed by atoms with Crippen LogP contribution in [0.1, 0.15) is 32.6 Å². The van der Waals surface area contributed by atoms with Gasteiger partial charge in [-0.1, -0.05) is 19.8 Å². The third-order valence-electron chi connectivity index (χ3n) is 1.74. The first-order chi connectivity index (χ1) is 6.22. The maximum absolute atomic E-state index is 11.0. The number of carbonyl (C=O) groups excluding carboxylic acids is 1. The van der Waals surface area contributed by atoms with Crippen LogP contribution in [0.2, 0.25) is 0 Å². The Morgan fingerprint density at radius 3 is 2.77 bits per heavy atom. The summed E-state index contributed by atoms with van der Waals surface area (Å²) >= 11 is 0. The summed E-state index contributed by atoms with van der Waals surface area (Å²) in [6.07, 6.45) is 3.31. The van der Waals surface area contributed by atoms with E-state index < -0.39 is 12.0 Å². The van der Waals surface area contributed by atoms with Crippen molar-refractivity contribution in [2.24, 2.45) is 5.73 Å². The standard InChI is InChI=1S/C9H19NO3/c1-2-3-4-7-13-9(12)8(10)5-6-11/h8,11H,2-7,10H2,1H3/t8-/m0/s1. The molecule has 0 saturated heterocycles. The van der Waals surface area contributed by atoms with Crippen molar-refractivity contribution >= 4 is 5.97 Å². The van der Waals surface area contributed by atoms with E-state index in [1.807, 2.05) is 0 Å². The lowest BCUT2D eigenvalue weighted by atomic mass is 10.2. The van der Waals surface area contributed by atoms with Gasteiger partial charge in [0.15, 0.2) is 0 Å². The number of unbranched alkanes of at least 4 members (excludes halogenated alkanes) is 2. The number of esters is 1. The average Bonchev–Trinajstić information content (AvgIpc) is 2.12. The highest BCUT2D eigenvalue weighted by molar-refractivity contribution is 5.75. The van der Waals surface area contributed by atoms with Gasteiger partial charge in [0.25, 0.3) is 0 Å². The minimum absolute atomic E-state index is 0.0781. The number of hydrogen-bond donors (Lipinski definition) is 2. The van der Waals surface area contributed by atoms with E-state index in [-0.39, 0.29) is 13.0 Å². The van der Waals surface area contributed by atoms with Crippen molar-refractivity contribution in [2.75, 3.05) is 13.2 Å². The molecule has 0 amide bonds. The number of hydrogen-bond acceptors (Lipinski definition) is 4. The molecule has 0 aliphatic heterocycles. The van der Waals surface area contributed by atoms with Crippen LogP contribution in [0.15, 0.2) is 0 Å². The van der Waals surface area contributed by atoms with Gasteiger partial charge < -0.3 is 15.6 Å². The molecular weight excluding hydrogens is 170 g/mol. The van der Waals surface area contributed by atoms with Gasteiger partial charge in [0, 0.05) is 6.61 Å². The quantitative estimate of drug-likeness (QED) is 0.450. The van der Waals surface area contributed by atoms with E-state index >= 15 is 0 Å². The predicted molar refractivity (Wildman–Crippen MR) is 50.2 cm³/mol. The Balaban J connectivity index is 3.38. The summed E-state index contributed by atoms with van der Waals surface area (Å²) < 4.78 is 4.88. The summed E-state index contributed by atoms with van der Waals surface area (Å²) in [5, 5.41) is 8.51. The van der Waals surface area contributed by atoms with Crippen LogP contribution in [0.25, 0.3) is 0 Å². The molecule has 3 N–H and O–H groups in total. The van der Waals surface area contributed by atoms with E-state index in [1.165, 1.54) is 0 Å². The number of nitrogens with two attached hydrogens (primary N) is 1. The van der Waals surface area contributed by atoms with Gasteiger partial charge in [0.1, 0.15) is 6.04 Å². The van der Waals surface area contributed by atoms with E-state index in [9.17, 15) is 4.79 Å². The van der Waals surface area contributed by atoms with Crippen LogP contribution in [0.5, 0.6) is 0 Å². The van der Waals surface area contributed by atoms with Crippen LogP contribution < -0.4 is 5.73 Å². The highest BCUT2D eigenvalue weighted by Gasteiger charge is 2.13. The van der Waals surface area contributed by atoms with Gasteiger partial charge in [0.2, 0.25) is 0 Å². The van der Waals surface area contributed by atoms with E-state index in [4.69, 9.17) is 15.6 Å². The largest absolute Gasteiger partial charge is 0.465 e. The molecule has 0 heterocycles. The van der Waals surface area contributed by atoms with Gasteiger partial charge in [-0.3, -0.25) is 4.79 Å². The summed E-state index contributed by atoms with van der Waals surface area (Å²) in [6, 6.07) is -0.674. The Labute approximate surface area is 79.1 Å². The molecule has 0 spiro atoms. The van der Waals surface area contributed by atoms with Gasteiger partial charge in [0.05, 0.1) is 6.61 Å². The second-order valence-electron chi connectivity index (χ2n) is 2.99. The van der Waals surface area contributed by atoms with Crippen molar-refractivity contribution in [2.45, 2.75) is 38.6 Å². The number of rotatable bonds is 7. The molecule has 0 aliphatic rings. The van der Waals surface area contributed by atoms with Crippen LogP contribution in [0, 0.1) is 0 Å². The van der Waals surface area contributed by atoms with Crippen molar-refractivity contribution in [3.63, 3.8) is 0 Å². The zero-order valence-corrected chi connectivity index (χ0v) is 8.16. The zero-order valence-electron chi connectivity index (χ0n) is 8.16. The predicted octanol–water partition coefficient (Wildman–Crippen LogP) is 0.430. The Hall–Kier alpha value is -0.610. The number of carbonyl (C=O) groups is 1. The molecule has 0 rings (SSSR count). The van der Waals surface area contributed by atoms with E-state index in [2.05, 4.69) is 6.92 Å². The first kappa shape index (κ1) is 12.4. The van der Waals surface area contributed by atoms with Gasteiger partial charge in [-0.05, 0) is 12.8 Å². The summed E-state index contributed by atoms with van der Waals surface area (Å²) in [4.78, 5) is 11.0. The normalized spacial score (nSPS) is 12.5. The highest BCUT2D eigenvalue weighted by atomic mass is 16.5. The Morgan fingerprint density at radius 2 is 2.23 bits per heavy atom. The van der Waals surface area contributed by atoms with E-state index in [0.717, 1.165) is 19.3 Å². The molecule has 0 bridgehead atoms. The van der Waals surface area contributed by atoms with Gasteiger partial charge in [-0.2, -0.15) is 0 Å². The van der Waals surface area contributed by atoms with Crippen molar-refractivity contribution in [1.82, 2.24) is 0 Å². The van der Waals surface area contributed by atoms with Crippen LogP contribution in [0.3, 0.4) is 0 Å². The zero-order chi connectivity index (χ0) is 10.1.